The number of nitrogens with zero attached hydrogens (tertiary/aromatic N) is 2. The molecular weight excluding hydrogens is 422 g/mol. The Bertz CT molecular complexity index is 1190. The molecule has 1 aliphatic heterocycles. The summed E-state index contributed by atoms with van der Waals surface area (Å²) >= 11 is 6.31. The lowest BCUT2D eigenvalue weighted by Gasteiger charge is -2.24. The summed E-state index contributed by atoms with van der Waals surface area (Å²) in [6.45, 7) is 3.66. The maximum Gasteiger partial charge on any atom is 0.252 e. The summed E-state index contributed by atoms with van der Waals surface area (Å²) in [5.74, 6) is -0.506. The Hall–Kier alpha value is -3.44. The number of halogens is 1. The van der Waals surface area contributed by atoms with Gasteiger partial charge >= 0.3 is 0 Å². The molecule has 0 spiro atoms. The summed E-state index contributed by atoms with van der Waals surface area (Å²) in [6.07, 6.45) is 0.797. The van der Waals surface area contributed by atoms with Crippen LogP contribution >= 0.6 is 11.6 Å². The first kappa shape index (κ1) is 21.8. The third kappa shape index (κ3) is 4.43. The highest BCUT2D eigenvalue weighted by atomic mass is 35.5. The smallest absolute Gasteiger partial charge is 0.252 e. The summed E-state index contributed by atoms with van der Waals surface area (Å²) in [6, 6.07) is 22.0. The first-order valence-corrected chi connectivity index (χ1v) is 11.0. The molecule has 0 saturated carbocycles. The monoisotopic (exact) mass is 445 g/mol. The standard InChI is InChI=1S/C26H24ClN3O2/c1-3-18-9-7-8-12-22(18)29-24(31)16-30-23-14-13-20(27)15-21(23)25(28-17(2)26(30)32)19-10-5-4-6-11-19/h4-15,17H,3,16H2,1-2H3,(H,29,31)/t17-/m0/s1. The highest BCUT2D eigenvalue weighted by molar-refractivity contribution is 6.32. The van der Waals surface area contributed by atoms with E-state index in [0.29, 0.717) is 16.4 Å². The van der Waals surface area contributed by atoms with Crippen LogP contribution in [0.25, 0.3) is 0 Å². The maximum atomic E-state index is 13.3. The Balaban J connectivity index is 1.71. The number of anilines is 2. The quantitative estimate of drug-likeness (QED) is 0.592. The molecule has 6 heteroatoms. The van der Waals surface area contributed by atoms with Gasteiger partial charge in [-0.25, -0.2) is 0 Å². The number of hydrogen-bond acceptors (Lipinski definition) is 3. The summed E-state index contributed by atoms with van der Waals surface area (Å²) in [4.78, 5) is 32.5. The van der Waals surface area contributed by atoms with Crippen molar-refractivity contribution in [2.45, 2.75) is 26.3 Å². The van der Waals surface area contributed by atoms with Gasteiger partial charge in [0.1, 0.15) is 12.6 Å². The van der Waals surface area contributed by atoms with Crippen molar-refractivity contribution in [3.05, 3.63) is 94.5 Å². The average Bonchev–Trinajstić information content (AvgIpc) is 2.90. The van der Waals surface area contributed by atoms with Crippen molar-refractivity contribution in [1.82, 2.24) is 0 Å². The van der Waals surface area contributed by atoms with Gasteiger partial charge < -0.3 is 10.2 Å². The van der Waals surface area contributed by atoms with Crippen molar-refractivity contribution in [2.75, 3.05) is 16.8 Å². The number of nitrogens with one attached hydrogen (secondary N) is 1. The third-order valence-corrected chi connectivity index (χ3v) is 5.71. The zero-order chi connectivity index (χ0) is 22.7. The number of aliphatic imine (C=N–C) groups is 1. The first-order valence-electron chi connectivity index (χ1n) is 10.6. The van der Waals surface area contributed by atoms with E-state index in [4.69, 9.17) is 16.6 Å². The molecule has 4 rings (SSSR count). The lowest BCUT2D eigenvalue weighted by molar-refractivity contribution is -0.122. The second kappa shape index (κ2) is 9.37. The van der Waals surface area contributed by atoms with Gasteiger partial charge in [0.2, 0.25) is 5.91 Å². The minimum Gasteiger partial charge on any atom is -0.324 e. The number of para-hydroxylation sites is 1. The number of carbonyl (C=O) groups excluding carboxylic acids is 2. The van der Waals surface area contributed by atoms with E-state index in [2.05, 4.69) is 5.32 Å². The van der Waals surface area contributed by atoms with Crippen LogP contribution in [0.3, 0.4) is 0 Å². The topological polar surface area (TPSA) is 61.8 Å². The first-order chi connectivity index (χ1) is 15.5. The number of hydrogen-bond donors (Lipinski definition) is 1. The van der Waals surface area contributed by atoms with E-state index in [-0.39, 0.29) is 18.4 Å². The molecule has 2 amide bonds. The Morgan fingerprint density at radius 3 is 2.53 bits per heavy atom. The molecule has 0 aromatic heterocycles. The number of rotatable bonds is 5. The predicted octanol–water partition coefficient (Wildman–Crippen LogP) is 5.11. The van der Waals surface area contributed by atoms with Crippen molar-refractivity contribution >= 4 is 40.5 Å². The number of benzene rings is 3. The van der Waals surface area contributed by atoms with Gasteiger partial charge in [0.05, 0.1) is 11.4 Å². The zero-order valence-corrected chi connectivity index (χ0v) is 18.8. The molecule has 0 unspecified atom stereocenters. The van der Waals surface area contributed by atoms with E-state index >= 15 is 0 Å². The molecule has 0 radical (unpaired) electrons. The molecule has 0 bridgehead atoms. The fourth-order valence-electron chi connectivity index (χ4n) is 3.87. The van der Waals surface area contributed by atoms with Crippen LogP contribution in [0.15, 0.2) is 77.8 Å². The molecule has 3 aromatic rings. The molecular formula is C26H24ClN3O2. The normalized spacial score (nSPS) is 15.6. The molecule has 0 aliphatic carbocycles. The van der Waals surface area contributed by atoms with Crippen LogP contribution < -0.4 is 10.2 Å². The van der Waals surface area contributed by atoms with Gasteiger partial charge in [0.15, 0.2) is 0 Å². The van der Waals surface area contributed by atoms with Crippen LogP contribution in [-0.2, 0) is 16.0 Å². The molecule has 1 atom stereocenters. The minimum atomic E-state index is -0.646. The number of aryl methyl sites for hydroxylation is 1. The molecule has 0 fully saturated rings. The Labute approximate surface area is 192 Å². The number of benzodiazepines with no additional fused rings is 1. The van der Waals surface area contributed by atoms with Gasteiger partial charge in [-0.1, -0.05) is 67.1 Å². The van der Waals surface area contributed by atoms with Crippen molar-refractivity contribution < 1.29 is 9.59 Å². The highest BCUT2D eigenvalue weighted by Gasteiger charge is 2.31. The van der Waals surface area contributed by atoms with Gasteiger partial charge in [0.25, 0.3) is 5.91 Å². The van der Waals surface area contributed by atoms with Gasteiger partial charge in [-0.15, -0.1) is 0 Å². The van der Waals surface area contributed by atoms with Crippen LogP contribution in [0, 0.1) is 0 Å². The van der Waals surface area contributed by atoms with Gasteiger partial charge in [0, 0.05) is 21.8 Å². The maximum absolute atomic E-state index is 13.3. The highest BCUT2D eigenvalue weighted by Crippen LogP contribution is 2.31. The van der Waals surface area contributed by atoms with Gasteiger partial charge in [-0.2, -0.15) is 0 Å². The van der Waals surface area contributed by atoms with Gasteiger partial charge in [-0.3, -0.25) is 14.6 Å². The average molecular weight is 446 g/mol. The van der Waals surface area contributed by atoms with Gasteiger partial charge in [-0.05, 0) is 43.2 Å². The Kier molecular flexibility index (Phi) is 6.37. The van der Waals surface area contributed by atoms with E-state index in [1.807, 2.05) is 61.5 Å². The van der Waals surface area contributed by atoms with Crippen molar-refractivity contribution in [2.24, 2.45) is 4.99 Å². The number of amides is 2. The Morgan fingerprint density at radius 2 is 1.78 bits per heavy atom. The van der Waals surface area contributed by atoms with Crippen LogP contribution in [0.2, 0.25) is 5.02 Å². The van der Waals surface area contributed by atoms with Crippen molar-refractivity contribution in [1.29, 1.82) is 0 Å². The summed E-state index contributed by atoms with van der Waals surface area (Å²) in [7, 11) is 0. The second-order valence-corrected chi connectivity index (χ2v) is 8.10. The molecule has 5 nitrogen and oxygen atoms in total. The van der Waals surface area contributed by atoms with Crippen LogP contribution in [0.4, 0.5) is 11.4 Å². The lowest BCUT2D eigenvalue weighted by atomic mass is 10.00. The minimum absolute atomic E-state index is 0.118. The van der Waals surface area contributed by atoms with Crippen molar-refractivity contribution in [3.63, 3.8) is 0 Å². The third-order valence-electron chi connectivity index (χ3n) is 5.47. The van der Waals surface area contributed by atoms with Crippen LogP contribution in [-0.4, -0.2) is 30.1 Å². The predicted molar refractivity (Wildman–Crippen MR) is 130 cm³/mol. The molecule has 1 heterocycles. The summed E-state index contributed by atoms with van der Waals surface area (Å²) in [5, 5.41) is 3.49. The van der Waals surface area contributed by atoms with E-state index in [0.717, 1.165) is 28.8 Å². The van der Waals surface area contributed by atoms with Crippen molar-refractivity contribution in [3.8, 4) is 0 Å². The SMILES string of the molecule is CCc1ccccc1NC(=O)CN1C(=O)[C@H](C)N=C(c2ccccc2)c2cc(Cl)ccc21. The van der Waals surface area contributed by atoms with E-state index in [1.165, 1.54) is 4.90 Å². The van der Waals surface area contributed by atoms with Crippen LogP contribution in [0.5, 0.6) is 0 Å². The fraction of sp³-hybridized carbons (Fsp3) is 0.192. The molecule has 1 aliphatic rings. The summed E-state index contributed by atoms with van der Waals surface area (Å²) < 4.78 is 0. The second-order valence-electron chi connectivity index (χ2n) is 7.66. The number of fused-ring (bicyclic) bond motifs is 1. The molecule has 1 N–H and O–H groups in total. The lowest BCUT2D eigenvalue weighted by Crippen LogP contribution is -2.42. The van der Waals surface area contributed by atoms with E-state index in [1.54, 1.807) is 25.1 Å². The molecule has 162 valence electrons. The fourth-order valence-corrected chi connectivity index (χ4v) is 4.04. The molecule has 3 aromatic carbocycles. The van der Waals surface area contributed by atoms with E-state index < -0.39 is 6.04 Å². The van der Waals surface area contributed by atoms with E-state index in [9.17, 15) is 9.59 Å². The number of carbonyl (C=O) groups is 2. The largest absolute Gasteiger partial charge is 0.324 e. The Morgan fingerprint density at radius 1 is 1.06 bits per heavy atom. The van der Waals surface area contributed by atoms with Crippen LogP contribution in [0.1, 0.15) is 30.5 Å². The molecule has 0 saturated heterocycles. The zero-order valence-electron chi connectivity index (χ0n) is 18.0. The summed E-state index contributed by atoms with van der Waals surface area (Å²) in [5.41, 5.74) is 4.71. The molecule has 32 heavy (non-hydrogen) atoms.